The van der Waals surface area contributed by atoms with Gasteiger partial charge in [0.05, 0.1) is 0 Å². The zero-order valence-corrected chi connectivity index (χ0v) is 11.6. The second-order valence-corrected chi connectivity index (χ2v) is 5.27. The third-order valence-electron chi connectivity index (χ3n) is 3.00. The highest BCUT2D eigenvalue weighted by Gasteiger charge is 2.12. The van der Waals surface area contributed by atoms with Crippen LogP contribution >= 0.6 is 0 Å². The van der Waals surface area contributed by atoms with Gasteiger partial charge >= 0.3 is 0 Å². The van der Waals surface area contributed by atoms with Crippen molar-refractivity contribution >= 4 is 0 Å². The van der Waals surface area contributed by atoms with Crippen LogP contribution in [0.2, 0.25) is 0 Å². The second-order valence-electron chi connectivity index (χ2n) is 5.27. The van der Waals surface area contributed by atoms with Crippen molar-refractivity contribution in [2.45, 2.75) is 33.7 Å². The van der Waals surface area contributed by atoms with Gasteiger partial charge in [-0.3, -0.25) is 0 Å². The Labute approximate surface area is 106 Å². The molecule has 1 atom stereocenters. The lowest BCUT2D eigenvalue weighted by molar-refractivity contribution is 0.242. The molecule has 17 heavy (non-hydrogen) atoms. The van der Waals surface area contributed by atoms with Crippen LogP contribution in [0, 0.1) is 12.8 Å². The second kappa shape index (κ2) is 6.77. The van der Waals surface area contributed by atoms with Crippen LogP contribution in [-0.2, 0) is 0 Å². The van der Waals surface area contributed by atoms with Gasteiger partial charge in [-0.2, -0.15) is 0 Å². The minimum Gasteiger partial charge on any atom is -0.323 e. The molecule has 1 rings (SSSR count). The summed E-state index contributed by atoms with van der Waals surface area (Å²) in [5.74, 6) is 0.694. The highest BCUT2D eigenvalue weighted by molar-refractivity contribution is 5.25. The fourth-order valence-electron chi connectivity index (χ4n) is 2.13. The number of aryl methyl sites for hydroxylation is 1. The molecule has 0 fully saturated rings. The van der Waals surface area contributed by atoms with Crippen LogP contribution in [0.3, 0.4) is 0 Å². The fourth-order valence-corrected chi connectivity index (χ4v) is 2.13. The molecule has 0 bridgehead atoms. The standard InChI is InChI=1S/C15H26N2/c1-5-17(10-12(2)3)11-15(16)14-8-6-7-13(4)9-14/h6-9,12,15H,5,10-11,16H2,1-4H3. The molecule has 0 spiro atoms. The largest absolute Gasteiger partial charge is 0.323 e. The van der Waals surface area contributed by atoms with Gasteiger partial charge in [-0.25, -0.2) is 0 Å². The van der Waals surface area contributed by atoms with Gasteiger partial charge in [0, 0.05) is 19.1 Å². The van der Waals surface area contributed by atoms with Gasteiger partial charge in [0.25, 0.3) is 0 Å². The van der Waals surface area contributed by atoms with Crippen LogP contribution in [0.25, 0.3) is 0 Å². The maximum atomic E-state index is 6.27. The van der Waals surface area contributed by atoms with Gasteiger partial charge in [0.1, 0.15) is 0 Å². The Hall–Kier alpha value is -0.860. The summed E-state index contributed by atoms with van der Waals surface area (Å²) in [5.41, 5.74) is 8.80. The van der Waals surface area contributed by atoms with E-state index in [1.54, 1.807) is 0 Å². The lowest BCUT2D eigenvalue weighted by Crippen LogP contribution is -2.34. The van der Waals surface area contributed by atoms with E-state index in [0.717, 1.165) is 19.6 Å². The minimum atomic E-state index is 0.119. The number of hydrogen-bond donors (Lipinski definition) is 1. The van der Waals surface area contributed by atoms with Crippen LogP contribution in [-0.4, -0.2) is 24.5 Å². The van der Waals surface area contributed by atoms with Crippen LogP contribution in [0.15, 0.2) is 24.3 Å². The van der Waals surface area contributed by atoms with E-state index < -0.39 is 0 Å². The van der Waals surface area contributed by atoms with Gasteiger partial charge < -0.3 is 10.6 Å². The Morgan fingerprint density at radius 2 is 1.94 bits per heavy atom. The molecule has 0 radical (unpaired) electrons. The summed E-state index contributed by atoms with van der Waals surface area (Å²) < 4.78 is 0. The number of nitrogens with zero attached hydrogens (tertiary/aromatic N) is 1. The topological polar surface area (TPSA) is 29.3 Å². The van der Waals surface area contributed by atoms with Gasteiger partial charge in [-0.1, -0.05) is 50.6 Å². The van der Waals surface area contributed by atoms with E-state index in [4.69, 9.17) is 5.73 Å². The molecule has 0 saturated heterocycles. The Morgan fingerprint density at radius 1 is 1.24 bits per heavy atom. The van der Waals surface area contributed by atoms with E-state index in [-0.39, 0.29) is 6.04 Å². The zero-order chi connectivity index (χ0) is 12.8. The Morgan fingerprint density at radius 3 is 2.47 bits per heavy atom. The summed E-state index contributed by atoms with van der Waals surface area (Å²) in [7, 11) is 0. The zero-order valence-electron chi connectivity index (χ0n) is 11.6. The van der Waals surface area contributed by atoms with Crippen molar-refractivity contribution < 1.29 is 0 Å². The first-order valence-electron chi connectivity index (χ1n) is 6.57. The summed E-state index contributed by atoms with van der Waals surface area (Å²) in [5, 5.41) is 0. The SMILES string of the molecule is CCN(CC(C)C)CC(N)c1cccc(C)c1. The highest BCUT2D eigenvalue weighted by atomic mass is 15.1. The van der Waals surface area contributed by atoms with E-state index in [1.807, 2.05) is 0 Å². The Kier molecular flexibility index (Phi) is 5.66. The summed E-state index contributed by atoms with van der Waals surface area (Å²) in [4.78, 5) is 2.43. The molecule has 0 aliphatic rings. The van der Waals surface area contributed by atoms with Crippen LogP contribution in [0.1, 0.15) is 37.9 Å². The minimum absolute atomic E-state index is 0.119. The summed E-state index contributed by atoms with van der Waals surface area (Å²) in [6, 6.07) is 8.63. The van der Waals surface area contributed by atoms with Crippen LogP contribution in [0.4, 0.5) is 0 Å². The molecule has 1 aromatic carbocycles. The normalized spacial score (nSPS) is 13.4. The lowest BCUT2D eigenvalue weighted by atomic mass is 10.0. The van der Waals surface area contributed by atoms with Gasteiger partial charge in [0.15, 0.2) is 0 Å². The summed E-state index contributed by atoms with van der Waals surface area (Å²) in [6.07, 6.45) is 0. The van der Waals surface area contributed by atoms with Crippen LogP contribution in [0.5, 0.6) is 0 Å². The summed E-state index contributed by atoms with van der Waals surface area (Å²) >= 11 is 0. The Balaban J connectivity index is 2.60. The number of likely N-dealkylation sites (N-methyl/N-ethyl adjacent to an activating group) is 1. The molecule has 2 nitrogen and oxygen atoms in total. The third kappa shape index (κ3) is 4.88. The average molecular weight is 234 g/mol. The Bertz CT molecular complexity index is 333. The smallest absolute Gasteiger partial charge is 0.0424 e. The van der Waals surface area contributed by atoms with Crippen molar-refractivity contribution in [2.75, 3.05) is 19.6 Å². The molecule has 0 aliphatic carbocycles. The van der Waals surface area contributed by atoms with Crippen LogP contribution < -0.4 is 5.73 Å². The molecule has 0 aliphatic heterocycles. The first-order valence-corrected chi connectivity index (χ1v) is 6.57. The van der Waals surface area contributed by atoms with Crippen molar-refractivity contribution in [3.05, 3.63) is 35.4 Å². The van der Waals surface area contributed by atoms with Crippen molar-refractivity contribution in [1.29, 1.82) is 0 Å². The molecule has 96 valence electrons. The maximum absolute atomic E-state index is 6.27. The molecule has 1 unspecified atom stereocenters. The maximum Gasteiger partial charge on any atom is 0.0424 e. The van der Waals surface area contributed by atoms with Crippen molar-refractivity contribution in [3.8, 4) is 0 Å². The number of rotatable bonds is 6. The van der Waals surface area contributed by atoms with Gasteiger partial charge in [-0.05, 0) is 24.9 Å². The molecule has 1 aromatic rings. The molecule has 0 saturated carbocycles. The molecule has 0 heterocycles. The van der Waals surface area contributed by atoms with Crippen molar-refractivity contribution in [3.63, 3.8) is 0 Å². The molecule has 2 N–H and O–H groups in total. The number of nitrogens with two attached hydrogens (primary N) is 1. The van der Waals surface area contributed by atoms with E-state index in [1.165, 1.54) is 11.1 Å². The van der Waals surface area contributed by atoms with E-state index in [2.05, 4.69) is 56.9 Å². The molecular formula is C15H26N2. The molecular weight excluding hydrogens is 208 g/mol. The molecule has 0 aromatic heterocycles. The van der Waals surface area contributed by atoms with E-state index in [0.29, 0.717) is 5.92 Å². The predicted molar refractivity (Wildman–Crippen MR) is 75.1 cm³/mol. The van der Waals surface area contributed by atoms with Crippen molar-refractivity contribution in [1.82, 2.24) is 4.90 Å². The average Bonchev–Trinajstić information content (AvgIpc) is 2.27. The predicted octanol–water partition coefficient (Wildman–Crippen LogP) is 2.97. The molecule has 0 amide bonds. The van der Waals surface area contributed by atoms with E-state index >= 15 is 0 Å². The van der Waals surface area contributed by atoms with Crippen molar-refractivity contribution in [2.24, 2.45) is 11.7 Å². The monoisotopic (exact) mass is 234 g/mol. The van der Waals surface area contributed by atoms with Gasteiger partial charge in [-0.15, -0.1) is 0 Å². The highest BCUT2D eigenvalue weighted by Crippen LogP contribution is 2.14. The number of hydrogen-bond acceptors (Lipinski definition) is 2. The molecule has 2 heteroatoms. The first-order chi connectivity index (χ1) is 8.02. The lowest BCUT2D eigenvalue weighted by Gasteiger charge is -2.26. The fraction of sp³-hybridized carbons (Fsp3) is 0.600. The summed E-state index contributed by atoms with van der Waals surface area (Å²) in [6.45, 7) is 11.9. The first kappa shape index (κ1) is 14.2. The van der Waals surface area contributed by atoms with E-state index in [9.17, 15) is 0 Å². The quantitative estimate of drug-likeness (QED) is 0.820. The number of benzene rings is 1. The third-order valence-corrected chi connectivity index (χ3v) is 3.00. The van der Waals surface area contributed by atoms with Gasteiger partial charge in [0.2, 0.25) is 0 Å².